The number of nitrogens with one attached hydrogen (secondary N) is 3. The van der Waals surface area contributed by atoms with Crippen molar-refractivity contribution in [3.05, 3.63) is 125 Å². The molecule has 2 aliphatic heterocycles. The molecule has 284 valence electrons. The number of aliphatic hydroxyl groups is 2. The lowest BCUT2D eigenvalue weighted by atomic mass is 9.91. The molecule has 5 atom stereocenters. The fraction of sp³-hybridized carbons (Fsp3) is 0.325. The molecule has 0 saturated carbocycles. The smallest absolute Gasteiger partial charge is 0.315 e. The lowest BCUT2D eigenvalue weighted by Crippen LogP contribution is -2.43. The number of aromatic nitrogens is 5. The van der Waals surface area contributed by atoms with Gasteiger partial charge in [0.05, 0.1) is 12.0 Å². The van der Waals surface area contributed by atoms with Crippen LogP contribution in [0.4, 0.5) is 16.6 Å². The predicted octanol–water partition coefficient (Wildman–Crippen LogP) is 4.40. The molecule has 1 unspecified atom stereocenters. The number of anilines is 2. The van der Waals surface area contributed by atoms with Crippen molar-refractivity contribution in [3.63, 3.8) is 0 Å². The second-order valence-electron chi connectivity index (χ2n) is 13.9. The minimum atomic E-state index is -1.33. The van der Waals surface area contributed by atoms with Gasteiger partial charge < -0.3 is 45.4 Å². The third-order valence-electron chi connectivity index (χ3n) is 10.2. The van der Waals surface area contributed by atoms with Crippen LogP contribution in [0.5, 0.6) is 5.75 Å². The minimum Gasteiger partial charge on any atom is -0.508 e. The number of phenols is 1. The van der Waals surface area contributed by atoms with Crippen LogP contribution < -0.4 is 20.9 Å². The van der Waals surface area contributed by atoms with Gasteiger partial charge in [0, 0.05) is 44.2 Å². The Hall–Kier alpha value is -6.03. The van der Waals surface area contributed by atoms with E-state index in [9.17, 15) is 20.1 Å². The number of hydrogen-bond donors (Lipinski definition) is 6. The average Bonchev–Trinajstić information content (AvgIpc) is 4.02. The van der Waals surface area contributed by atoms with E-state index in [4.69, 9.17) is 24.2 Å². The monoisotopic (exact) mass is 745 g/mol. The van der Waals surface area contributed by atoms with E-state index in [1.165, 1.54) is 6.33 Å². The van der Waals surface area contributed by atoms with Crippen LogP contribution in [0, 0.1) is 0 Å². The minimum absolute atomic E-state index is 0.0116. The fourth-order valence-corrected chi connectivity index (χ4v) is 7.25. The summed E-state index contributed by atoms with van der Waals surface area (Å²) in [6.45, 7) is 3.72. The molecule has 3 aromatic carbocycles. The third kappa shape index (κ3) is 7.67. The highest BCUT2D eigenvalue weighted by Gasteiger charge is 2.47. The van der Waals surface area contributed by atoms with Crippen LogP contribution in [0.25, 0.3) is 11.2 Å². The van der Waals surface area contributed by atoms with Gasteiger partial charge in [-0.1, -0.05) is 84.9 Å². The molecule has 2 amide bonds. The highest BCUT2D eigenvalue weighted by Crippen LogP contribution is 2.41. The summed E-state index contributed by atoms with van der Waals surface area (Å²) in [6, 6.07) is 28.5. The first-order valence-corrected chi connectivity index (χ1v) is 18.5. The Bertz CT molecular complexity index is 2190. The van der Waals surface area contributed by atoms with E-state index < -0.39 is 24.5 Å². The van der Waals surface area contributed by atoms with Gasteiger partial charge in [0.15, 0.2) is 29.0 Å². The molecular weight excluding hydrogens is 702 g/mol. The summed E-state index contributed by atoms with van der Waals surface area (Å²) in [4.78, 5) is 29.5. The van der Waals surface area contributed by atoms with Crippen LogP contribution in [-0.4, -0.2) is 83.9 Å². The number of aryl methyl sites for hydroxylation is 1. The summed E-state index contributed by atoms with van der Waals surface area (Å²) in [6.07, 6.45) is -1.78. The van der Waals surface area contributed by atoms with Gasteiger partial charge in [-0.15, -0.1) is 0 Å². The summed E-state index contributed by atoms with van der Waals surface area (Å²) in [5.41, 5.74) is 4.62. The Labute approximate surface area is 317 Å². The van der Waals surface area contributed by atoms with Crippen molar-refractivity contribution in [3.8, 4) is 5.75 Å². The number of nitrogens with zero attached hydrogens (tertiary/aromatic N) is 6. The van der Waals surface area contributed by atoms with Crippen molar-refractivity contribution >= 4 is 29.0 Å². The van der Waals surface area contributed by atoms with Crippen molar-refractivity contribution in [1.82, 2.24) is 35.3 Å². The molecule has 0 bridgehead atoms. The SMILES string of the molecule is CCc1cc([C@H]2O[C@@H](n3cnc4c(NCC(c5ccccc5)c5ccccc5)nc(N5CCC(NC(=O)NCc6cccc(O)c6)C5)nc43)[C@H](O)[C@@H]2O)on1. The molecule has 55 heavy (non-hydrogen) atoms. The standard InChI is InChI=1S/C40H43N9O6/c1-2-27-19-31(55-47-27)35-33(51)34(52)38(54-35)49-23-43-32-36(41-21-30(25-11-5-3-6-12-25)26-13-7-4-8-14-26)45-39(46-37(32)49)48-17-16-28(22-48)44-40(53)42-20-24-10-9-15-29(50)18-24/h3-15,18-19,23,28,30,33-35,38,50-52H,2,16-17,20-22H2,1H3,(H,41,45,46)(H2,42,44,53)/t28?,33-,34+,35+,38+/m0/s1. The Kier molecular flexibility index (Phi) is 10.3. The van der Waals surface area contributed by atoms with E-state index >= 15 is 0 Å². The van der Waals surface area contributed by atoms with Crippen molar-refractivity contribution < 1.29 is 29.4 Å². The van der Waals surface area contributed by atoms with E-state index in [2.05, 4.69) is 45.4 Å². The maximum Gasteiger partial charge on any atom is 0.315 e. The summed E-state index contributed by atoms with van der Waals surface area (Å²) < 4.78 is 13.3. The number of hydrogen-bond acceptors (Lipinski definition) is 12. The molecule has 2 fully saturated rings. The Morgan fingerprint density at radius 1 is 0.964 bits per heavy atom. The zero-order chi connectivity index (χ0) is 37.9. The zero-order valence-electron chi connectivity index (χ0n) is 30.2. The third-order valence-corrected chi connectivity index (χ3v) is 10.2. The number of fused-ring (bicyclic) bond motifs is 1. The molecule has 15 nitrogen and oxygen atoms in total. The van der Waals surface area contributed by atoms with Crippen molar-refractivity contribution in [1.29, 1.82) is 0 Å². The summed E-state index contributed by atoms with van der Waals surface area (Å²) >= 11 is 0. The molecule has 2 aliphatic rings. The lowest BCUT2D eigenvalue weighted by molar-refractivity contribution is -0.0434. The van der Waals surface area contributed by atoms with Crippen LogP contribution in [0.15, 0.2) is 102 Å². The molecule has 5 heterocycles. The molecule has 0 aliphatic carbocycles. The fourth-order valence-electron chi connectivity index (χ4n) is 7.25. The first-order chi connectivity index (χ1) is 26.8. The van der Waals surface area contributed by atoms with E-state index in [-0.39, 0.29) is 30.3 Å². The molecule has 6 aromatic rings. The van der Waals surface area contributed by atoms with Gasteiger partial charge in [-0.05, 0) is 41.7 Å². The average molecular weight is 746 g/mol. The maximum atomic E-state index is 12.8. The van der Waals surface area contributed by atoms with Crippen molar-refractivity contribution in [2.24, 2.45) is 0 Å². The van der Waals surface area contributed by atoms with Gasteiger partial charge in [0.1, 0.15) is 24.1 Å². The normalized spacial score (nSPS) is 21.0. The molecule has 0 radical (unpaired) electrons. The van der Waals surface area contributed by atoms with Crippen LogP contribution in [0.2, 0.25) is 0 Å². The van der Waals surface area contributed by atoms with Crippen molar-refractivity contribution in [2.75, 3.05) is 29.9 Å². The van der Waals surface area contributed by atoms with Crippen LogP contribution in [-0.2, 0) is 17.7 Å². The number of carbonyl (C=O) groups is 1. The number of aromatic hydroxyl groups is 1. The molecule has 6 N–H and O–H groups in total. The number of carbonyl (C=O) groups excluding carboxylic acids is 1. The summed E-state index contributed by atoms with van der Waals surface area (Å²) in [7, 11) is 0. The number of amides is 2. The first kappa shape index (κ1) is 36.0. The van der Waals surface area contributed by atoms with Crippen LogP contribution >= 0.6 is 0 Å². The number of rotatable bonds is 12. The predicted molar refractivity (Wildman–Crippen MR) is 203 cm³/mol. The van der Waals surface area contributed by atoms with Gasteiger partial charge in [-0.3, -0.25) is 4.57 Å². The van der Waals surface area contributed by atoms with Gasteiger partial charge >= 0.3 is 6.03 Å². The molecule has 0 spiro atoms. The Morgan fingerprint density at radius 2 is 1.73 bits per heavy atom. The number of urea groups is 1. The highest BCUT2D eigenvalue weighted by molar-refractivity contribution is 5.84. The highest BCUT2D eigenvalue weighted by atomic mass is 16.6. The number of ether oxygens (including phenoxy) is 1. The molecule has 15 heteroatoms. The van der Waals surface area contributed by atoms with E-state index in [1.54, 1.807) is 28.8 Å². The zero-order valence-corrected chi connectivity index (χ0v) is 30.2. The van der Waals surface area contributed by atoms with Gasteiger partial charge in [0.2, 0.25) is 5.95 Å². The second-order valence-corrected chi connectivity index (χ2v) is 13.9. The van der Waals surface area contributed by atoms with E-state index in [1.807, 2.05) is 54.3 Å². The van der Waals surface area contributed by atoms with E-state index in [0.717, 1.165) is 16.7 Å². The molecule has 3 aromatic heterocycles. The van der Waals surface area contributed by atoms with Crippen molar-refractivity contribution in [2.45, 2.75) is 62.8 Å². The number of imidazole rings is 1. The topological polar surface area (TPSA) is 196 Å². The Balaban J connectivity index is 1.07. The first-order valence-electron chi connectivity index (χ1n) is 18.5. The lowest BCUT2D eigenvalue weighted by Gasteiger charge is -2.22. The Morgan fingerprint density at radius 3 is 2.44 bits per heavy atom. The maximum absolute atomic E-state index is 12.8. The molecule has 8 rings (SSSR count). The summed E-state index contributed by atoms with van der Waals surface area (Å²) in [5.74, 6) is 1.34. The van der Waals surface area contributed by atoms with Crippen LogP contribution in [0.3, 0.4) is 0 Å². The van der Waals surface area contributed by atoms with Gasteiger partial charge in [0.25, 0.3) is 0 Å². The molecule has 2 saturated heterocycles. The number of aliphatic hydroxyl groups excluding tert-OH is 2. The quantitative estimate of drug-likeness (QED) is 0.104. The van der Waals surface area contributed by atoms with Gasteiger partial charge in [-0.25, -0.2) is 9.78 Å². The number of phenolic OH excluding ortho intramolecular Hbond substituents is 1. The largest absolute Gasteiger partial charge is 0.508 e. The van der Waals surface area contributed by atoms with E-state index in [0.29, 0.717) is 66.9 Å². The van der Waals surface area contributed by atoms with Gasteiger partial charge in [-0.2, -0.15) is 9.97 Å². The van der Waals surface area contributed by atoms with Crippen LogP contribution in [0.1, 0.15) is 59.7 Å². The second kappa shape index (κ2) is 15.8. The summed E-state index contributed by atoms with van der Waals surface area (Å²) in [5, 5.41) is 45.7. The molecular formula is C40H43N9O6. The number of benzene rings is 3.